The molecule has 1 aliphatic rings. The average molecular weight is 420 g/mol. The van der Waals surface area contributed by atoms with Gasteiger partial charge in [-0.15, -0.1) is 22.7 Å². The number of rotatable bonds is 7. The molecule has 0 aliphatic carbocycles. The molecule has 1 aliphatic heterocycles. The minimum Gasteiger partial charge on any atom is -0.390 e. The SMILES string of the molecule is O=C(Cc1nc(-c2sc(CO)nc2CO)cs1)C1CN(c2ccc(F)cc2)C1. The van der Waals surface area contributed by atoms with E-state index in [1.165, 1.54) is 34.8 Å². The van der Waals surface area contributed by atoms with Crippen molar-refractivity contribution in [3.63, 3.8) is 0 Å². The second kappa shape index (κ2) is 8.04. The molecular weight excluding hydrogens is 401 g/mol. The van der Waals surface area contributed by atoms with E-state index in [2.05, 4.69) is 14.9 Å². The topological polar surface area (TPSA) is 86.5 Å². The van der Waals surface area contributed by atoms with Gasteiger partial charge in [0.05, 0.1) is 41.8 Å². The molecular formula is C19H18FN3O3S2. The Kier molecular flexibility index (Phi) is 5.49. The second-order valence-electron chi connectivity index (χ2n) is 6.55. The van der Waals surface area contributed by atoms with Crippen molar-refractivity contribution < 1.29 is 19.4 Å². The van der Waals surface area contributed by atoms with E-state index in [0.29, 0.717) is 29.5 Å². The zero-order valence-corrected chi connectivity index (χ0v) is 16.5. The van der Waals surface area contributed by atoms with Gasteiger partial charge in [-0.3, -0.25) is 4.79 Å². The lowest BCUT2D eigenvalue weighted by Crippen LogP contribution is -2.50. The summed E-state index contributed by atoms with van der Waals surface area (Å²) in [5.41, 5.74) is 2.09. The van der Waals surface area contributed by atoms with Crippen LogP contribution < -0.4 is 4.90 Å². The summed E-state index contributed by atoms with van der Waals surface area (Å²) in [6, 6.07) is 6.28. The molecule has 146 valence electrons. The highest BCUT2D eigenvalue weighted by atomic mass is 32.1. The second-order valence-corrected chi connectivity index (χ2v) is 8.57. The Bertz CT molecular complexity index is 981. The number of hydrogen-bond donors (Lipinski definition) is 2. The van der Waals surface area contributed by atoms with Crippen molar-refractivity contribution in [1.82, 2.24) is 9.97 Å². The lowest BCUT2D eigenvalue weighted by atomic mass is 9.93. The number of Topliss-reactive ketones (excluding diaryl/α,β-unsaturated/α-hetero) is 1. The molecule has 6 nitrogen and oxygen atoms in total. The smallest absolute Gasteiger partial charge is 0.146 e. The van der Waals surface area contributed by atoms with Crippen LogP contribution in [0.15, 0.2) is 29.6 Å². The van der Waals surface area contributed by atoms with E-state index in [1.54, 1.807) is 12.1 Å². The number of benzene rings is 1. The highest BCUT2D eigenvalue weighted by Crippen LogP contribution is 2.32. The quantitative estimate of drug-likeness (QED) is 0.612. The molecule has 0 radical (unpaired) electrons. The monoisotopic (exact) mass is 419 g/mol. The minimum atomic E-state index is -0.270. The van der Waals surface area contributed by atoms with Crippen LogP contribution in [0.25, 0.3) is 10.6 Å². The fourth-order valence-electron chi connectivity index (χ4n) is 3.11. The van der Waals surface area contributed by atoms with Crippen molar-refractivity contribution in [2.24, 2.45) is 5.92 Å². The zero-order valence-electron chi connectivity index (χ0n) is 14.8. The van der Waals surface area contributed by atoms with Crippen LogP contribution in [0.3, 0.4) is 0 Å². The van der Waals surface area contributed by atoms with Gasteiger partial charge in [-0.1, -0.05) is 0 Å². The molecule has 9 heteroatoms. The molecule has 1 fully saturated rings. The van der Waals surface area contributed by atoms with Crippen LogP contribution in [0.2, 0.25) is 0 Å². The molecule has 0 amide bonds. The summed E-state index contributed by atoms with van der Waals surface area (Å²) in [4.78, 5) is 24.0. The molecule has 1 aromatic carbocycles. The molecule has 0 bridgehead atoms. The third-order valence-electron chi connectivity index (χ3n) is 4.67. The highest BCUT2D eigenvalue weighted by Gasteiger charge is 2.33. The predicted molar refractivity (Wildman–Crippen MR) is 106 cm³/mol. The first kappa shape index (κ1) is 19.1. The summed E-state index contributed by atoms with van der Waals surface area (Å²) in [7, 11) is 0. The first-order valence-electron chi connectivity index (χ1n) is 8.75. The Morgan fingerprint density at radius 3 is 2.57 bits per heavy atom. The predicted octanol–water partition coefficient (Wildman–Crippen LogP) is 2.64. The van der Waals surface area contributed by atoms with E-state index in [9.17, 15) is 19.4 Å². The molecule has 0 atom stereocenters. The number of nitrogens with zero attached hydrogens (tertiary/aromatic N) is 3. The number of hydrogen-bond acceptors (Lipinski definition) is 8. The summed E-state index contributed by atoms with van der Waals surface area (Å²) in [5, 5.41) is 21.8. The normalized spacial score (nSPS) is 14.3. The van der Waals surface area contributed by atoms with E-state index in [0.717, 1.165) is 15.6 Å². The third kappa shape index (κ3) is 3.83. The number of aliphatic hydroxyl groups is 2. The molecule has 3 aromatic rings. The number of halogens is 1. The Morgan fingerprint density at radius 2 is 1.89 bits per heavy atom. The van der Waals surface area contributed by atoms with Gasteiger partial charge in [0.2, 0.25) is 0 Å². The van der Waals surface area contributed by atoms with Gasteiger partial charge in [-0.2, -0.15) is 0 Å². The van der Waals surface area contributed by atoms with Gasteiger partial charge in [0, 0.05) is 24.2 Å². The highest BCUT2D eigenvalue weighted by molar-refractivity contribution is 7.16. The number of carbonyl (C=O) groups excluding carboxylic acids is 1. The van der Waals surface area contributed by atoms with Crippen LogP contribution in [-0.4, -0.2) is 39.1 Å². The maximum atomic E-state index is 13.0. The molecule has 3 heterocycles. The van der Waals surface area contributed by atoms with Crippen molar-refractivity contribution in [3.8, 4) is 10.6 Å². The van der Waals surface area contributed by atoms with Crippen LogP contribution in [0.4, 0.5) is 10.1 Å². The molecule has 0 saturated carbocycles. The molecule has 2 aromatic heterocycles. The van der Waals surface area contributed by atoms with Crippen molar-refractivity contribution in [1.29, 1.82) is 0 Å². The molecule has 4 rings (SSSR count). The number of ketones is 1. The summed E-state index contributed by atoms with van der Waals surface area (Å²) < 4.78 is 13.0. The van der Waals surface area contributed by atoms with Crippen LogP contribution in [0.5, 0.6) is 0 Å². The number of aromatic nitrogens is 2. The zero-order chi connectivity index (χ0) is 19.7. The lowest BCUT2D eigenvalue weighted by Gasteiger charge is -2.40. The number of aliphatic hydroxyl groups excluding tert-OH is 2. The molecule has 1 saturated heterocycles. The number of thiazole rings is 2. The van der Waals surface area contributed by atoms with Crippen molar-refractivity contribution in [3.05, 3.63) is 51.2 Å². The van der Waals surface area contributed by atoms with E-state index in [-0.39, 0.29) is 37.2 Å². The largest absolute Gasteiger partial charge is 0.390 e. The van der Waals surface area contributed by atoms with Gasteiger partial charge in [0.25, 0.3) is 0 Å². The standard InChI is InChI=1S/C19H18FN3O3S2/c20-12-1-3-13(4-2-12)23-6-11(7-23)16(26)5-17-22-15(10-27-17)19-14(8-24)21-18(9-25)28-19/h1-4,10-11,24-25H,5-9H2. The maximum Gasteiger partial charge on any atom is 0.146 e. The van der Waals surface area contributed by atoms with Crippen molar-refractivity contribution in [2.45, 2.75) is 19.6 Å². The average Bonchev–Trinajstić information content (AvgIpc) is 3.28. The fraction of sp³-hybridized carbons (Fsp3) is 0.316. The van der Waals surface area contributed by atoms with Crippen LogP contribution >= 0.6 is 22.7 Å². The van der Waals surface area contributed by atoms with Crippen LogP contribution in [0.1, 0.15) is 15.7 Å². The summed E-state index contributed by atoms with van der Waals surface area (Å²) >= 11 is 2.70. The molecule has 0 unspecified atom stereocenters. The van der Waals surface area contributed by atoms with E-state index >= 15 is 0 Å². The molecule has 2 N–H and O–H groups in total. The van der Waals surface area contributed by atoms with Gasteiger partial charge in [0.1, 0.15) is 21.6 Å². The number of carbonyl (C=O) groups is 1. The summed E-state index contributed by atoms with van der Waals surface area (Å²) in [6.07, 6.45) is 0.271. The summed E-state index contributed by atoms with van der Waals surface area (Å²) in [5.74, 6) is -0.176. The Balaban J connectivity index is 1.37. The van der Waals surface area contributed by atoms with Crippen LogP contribution in [0, 0.1) is 11.7 Å². The van der Waals surface area contributed by atoms with Gasteiger partial charge in [0.15, 0.2) is 0 Å². The van der Waals surface area contributed by atoms with Gasteiger partial charge in [-0.25, -0.2) is 14.4 Å². The van der Waals surface area contributed by atoms with Crippen LogP contribution in [-0.2, 0) is 24.4 Å². The van der Waals surface area contributed by atoms with Gasteiger partial charge in [-0.05, 0) is 24.3 Å². The Labute approximate surface area is 168 Å². The van der Waals surface area contributed by atoms with E-state index in [1.807, 2.05) is 5.38 Å². The van der Waals surface area contributed by atoms with E-state index < -0.39 is 0 Å². The summed E-state index contributed by atoms with van der Waals surface area (Å²) in [6.45, 7) is 0.858. The Hall–Kier alpha value is -2.20. The van der Waals surface area contributed by atoms with E-state index in [4.69, 9.17) is 0 Å². The van der Waals surface area contributed by atoms with Crippen molar-refractivity contribution >= 4 is 34.1 Å². The first-order chi connectivity index (χ1) is 13.6. The minimum absolute atomic E-state index is 0.0465. The van der Waals surface area contributed by atoms with Crippen molar-refractivity contribution in [2.75, 3.05) is 18.0 Å². The first-order valence-corrected chi connectivity index (χ1v) is 10.4. The third-order valence-corrected chi connectivity index (χ3v) is 6.62. The maximum absolute atomic E-state index is 13.0. The fourth-order valence-corrected chi connectivity index (χ4v) is 4.87. The molecule has 0 spiro atoms. The van der Waals surface area contributed by atoms with Gasteiger partial charge < -0.3 is 15.1 Å². The van der Waals surface area contributed by atoms with Gasteiger partial charge >= 0.3 is 0 Å². The Morgan fingerprint density at radius 1 is 1.14 bits per heavy atom. The number of anilines is 1. The lowest BCUT2D eigenvalue weighted by molar-refractivity contribution is -0.122. The molecule has 28 heavy (non-hydrogen) atoms.